The lowest BCUT2D eigenvalue weighted by Crippen LogP contribution is -2.04. The molecule has 3 rings (SSSR count). The molecule has 0 bridgehead atoms. The Morgan fingerprint density at radius 3 is 2.76 bits per heavy atom. The average molecular weight is 278 g/mol. The molecule has 0 spiro atoms. The van der Waals surface area contributed by atoms with Crippen molar-refractivity contribution < 1.29 is 9.90 Å². The van der Waals surface area contributed by atoms with E-state index < -0.39 is 5.97 Å². The first kappa shape index (κ1) is 12.8. The van der Waals surface area contributed by atoms with Crippen molar-refractivity contribution in [3.8, 4) is 11.8 Å². The van der Waals surface area contributed by atoms with Gasteiger partial charge in [-0.1, -0.05) is 12.1 Å². The molecule has 6 heteroatoms. The molecule has 0 atom stereocenters. The zero-order chi connectivity index (χ0) is 14.8. The zero-order valence-corrected chi connectivity index (χ0v) is 10.9. The first-order valence-electron chi connectivity index (χ1n) is 6.23. The first-order chi connectivity index (χ1) is 10.2. The number of carboxylic acid groups (broad SMARTS) is 1. The number of pyridine rings is 1. The Kier molecular flexibility index (Phi) is 3.09. The smallest absolute Gasteiger partial charge is 0.354 e. The molecule has 3 aromatic rings. The summed E-state index contributed by atoms with van der Waals surface area (Å²) in [5.74, 6) is -0.474. The van der Waals surface area contributed by atoms with Crippen LogP contribution in [0.5, 0.6) is 0 Å². The molecule has 0 saturated heterocycles. The minimum Gasteiger partial charge on any atom is -0.477 e. The number of para-hydroxylation sites is 2. The molecule has 1 N–H and O–H groups in total. The average Bonchev–Trinajstić information content (AvgIpc) is 2.85. The number of nitriles is 1. The molecule has 1 aromatic carbocycles. The summed E-state index contributed by atoms with van der Waals surface area (Å²) in [5.41, 5.74) is 2.29. The number of hydrogen-bond acceptors (Lipinski definition) is 4. The number of aromatic carboxylic acids is 1. The van der Waals surface area contributed by atoms with Gasteiger partial charge in [-0.05, 0) is 24.3 Å². The maximum absolute atomic E-state index is 10.9. The molecule has 2 aromatic heterocycles. The summed E-state index contributed by atoms with van der Waals surface area (Å²) in [6, 6.07) is 12.7. The fraction of sp³-hybridized carbons (Fsp3) is 0.0667. The Bertz CT molecular complexity index is 860. The quantitative estimate of drug-likeness (QED) is 0.792. The molecule has 0 fully saturated rings. The molecular formula is C15H10N4O2. The maximum Gasteiger partial charge on any atom is 0.354 e. The third-order valence-corrected chi connectivity index (χ3v) is 3.09. The van der Waals surface area contributed by atoms with Crippen LogP contribution in [0.4, 0.5) is 0 Å². The topological polar surface area (TPSA) is 91.8 Å². The molecule has 0 radical (unpaired) electrons. The number of aromatic nitrogens is 3. The van der Waals surface area contributed by atoms with E-state index in [-0.39, 0.29) is 12.1 Å². The fourth-order valence-corrected chi connectivity index (χ4v) is 2.20. The van der Waals surface area contributed by atoms with Crippen molar-refractivity contribution in [1.82, 2.24) is 14.5 Å². The zero-order valence-electron chi connectivity index (χ0n) is 10.9. The summed E-state index contributed by atoms with van der Waals surface area (Å²) in [5, 5.41) is 17.8. The Morgan fingerprint density at radius 1 is 1.29 bits per heavy atom. The highest BCUT2D eigenvalue weighted by atomic mass is 16.4. The molecule has 0 unspecified atom stereocenters. The molecule has 0 amide bonds. The van der Waals surface area contributed by atoms with E-state index in [1.54, 1.807) is 6.07 Å². The summed E-state index contributed by atoms with van der Waals surface area (Å²) in [7, 11) is 0. The van der Waals surface area contributed by atoms with Crippen LogP contribution in [0.25, 0.3) is 16.7 Å². The fourth-order valence-electron chi connectivity index (χ4n) is 2.20. The maximum atomic E-state index is 10.9. The van der Waals surface area contributed by atoms with E-state index in [2.05, 4.69) is 16.0 Å². The standard InChI is InChI=1S/C15H10N4O2/c16-8-7-14-18-11-3-1-2-4-13(11)19(14)10-5-6-12(15(20)21)17-9-10/h1-6,9H,7H2,(H,20,21). The third kappa shape index (κ3) is 2.21. The minimum atomic E-state index is -1.07. The third-order valence-electron chi connectivity index (χ3n) is 3.09. The Labute approximate surface area is 119 Å². The van der Waals surface area contributed by atoms with Gasteiger partial charge in [0.1, 0.15) is 11.5 Å². The van der Waals surface area contributed by atoms with Crippen molar-refractivity contribution in [2.24, 2.45) is 0 Å². The van der Waals surface area contributed by atoms with Gasteiger partial charge in [0.05, 0.1) is 35.4 Å². The van der Waals surface area contributed by atoms with Gasteiger partial charge in [-0.15, -0.1) is 0 Å². The molecule has 0 aliphatic heterocycles. The van der Waals surface area contributed by atoms with Crippen LogP contribution in [0.1, 0.15) is 16.3 Å². The monoisotopic (exact) mass is 278 g/mol. The number of nitrogens with zero attached hydrogens (tertiary/aromatic N) is 4. The van der Waals surface area contributed by atoms with E-state index in [0.29, 0.717) is 11.5 Å². The normalized spacial score (nSPS) is 10.4. The molecule has 0 aliphatic carbocycles. The summed E-state index contributed by atoms with van der Waals surface area (Å²) < 4.78 is 1.82. The van der Waals surface area contributed by atoms with Crippen LogP contribution in [0.2, 0.25) is 0 Å². The summed E-state index contributed by atoms with van der Waals surface area (Å²) in [6.07, 6.45) is 1.63. The summed E-state index contributed by atoms with van der Waals surface area (Å²) >= 11 is 0. The molecule has 21 heavy (non-hydrogen) atoms. The number of hydrogen-bond donors (Lipinski definition) is 1. The molecule has 6 nitrogen and oxygen atoms in total. The molecular weight excluding hydrogens is 268 g/mol. The minimum absolute atomic E-state index is 0.0231. The lowest BCUT2D eigenvalue weighted by molar-refractivity contribution is 0.0690. The second kappa shape index (κ2) is 5.06. The van der Waals surface area contributed by atoms with Crippen LogP contribution < -0.4 is 0 Å². The highest BCUT2D eigenvalue weighted by Gasteiger charge is 2.13. The van der Waals surface area contributed by atoms with Gasteiger partial charge in [0.15, 0.2) is 0 Å². The van der Waals surface area contributed by atoms with E-state index in [1.165, 1.54) is 12.3 Å². The first-order valence-corrected chi connectivity index (χ1v) is 6.23. The lowest BCUT2D eigenvalue weighted by Gasteiger charge is -2.07. The van der Waals surface area contributed by atoms with Gasteiger partial charge in [0.2, 0.25) is 0 Å². The Morgan fingerprint density at radius 2 is 2.10 bits per heavy atom. The Balaban J connectivity index is 2.20. The van der Waals surface area contributed by atoms with Crippen LogP contribution in [0.15, 0.2) is 42.6 Å². The van der Waals surface area contributed by atoms with Crippen LogP contribution in [0.3, 0.4) is 0 Å². The largest absolute Gasteiger partial charge is 0.477 e. The summed E-state index contributed by atoms with van der Waals surface area (Å²) in [4.78, 5) is 19.2. The predicted octanol–water partition coefficient (Wildman–Crippen LogP) is 2.18. The molecule has 2 heterocycles. The van der Waals surface area contributed by atoms with Crippen LogP contribution in [0, 0.1) is 11.3 Å². The molecule has 102 valence electrons. The van der Waals surface area contributed by atoms with Gasteiger partial charge in [0.25, 0.3) is 0 Å². The van der Waals surface area contributed by atoms with Crippen molar-refractivity contribution >= 4 is 17.0 Å². The Hall–Kier alpha value is -3.20. The summed E-state index contributed by atoms with van der Waals surface area (Å²) in [6.45, 7) is 0. The van der Waals surface area contributed by atoms with E-state index in [9.17, 15) is 4.79 Å². The number of carboxylic acids is 1. The number of imidazole rings is 1. The molecule has 0 aliphatic rings. The van der Waals surface area contributed by atoms with Crippen LogP contribution >= 0.6 is 0 Å². The van der Waals surface area contributed by atoms with Crippen molar-refractivity contribution in [3.63, 3.8) is 0 Å². The number of carbonyl (C=O) groups is 1. The van der Waals surface area contributed by atoms with E-state index in [1.807, 2.05) is 28.8 Å². The van der Waals surface area contributed by atoms with E-state index in [0.717, 1.165) is 11.0 Å². The van der Waals surface area contributed by atoms with Crippen molar-refractivity contribution in [2.45, 2.75) is 6.42 Å². The van der Waals surface area contributed by atoms with Gasteiger partial charge in [-0.25, -0.2) is 14.8 Å². The number of fused-ring (bicyclic) bond motifs is 1. The van der Waals surface area contributed by atoms with Gasteiger partial charge < -0.3 is 5.11 Å². The predicted molar refractivity (Wildman–Crippen MR) is 75.1 cm³/mol. The van der Waals surface area contributed by atoms with E-state index in [4.69, 9.17) is 10.4 Å². The van der Waals surface area contributed by atoms with Gasteiger partial charge in [-0.2, -0.15) is 5.26 Å². The van der Waals surface area contributed by atoms with Crippen LogP contribution in [-0.4, -0.2) is 25.6 Å². The SMILES string of the molecule is N#CCc1nc2ccccc2n1-c1ccc(C(=O)O)nc1. The van der Waals surface area contributed by atoms with Gasteiger partial charge >= 0.3 is 5.97 Å². The van der Waals surface area contributed by atoms with Gasteiger partial charge in [-0.3, -0.25) is 4.57 Å². The second-order valence-electron chi connectivity index (χ2n) is 4.39. The number of rotatable bonds is 3. The van der Waals surface area contributed by atoms with E-state index >= 15 is 0 Å². The highest BCUT2D eigenvalue weighted by molar-refractivity contribution is 5.85. The second-order valence-corrected chi connectivity index (χ2v) is 4.39. The highest BCUT2D eigenvalue weighted by Crippen LogP contribution is 2.21. The van der Waals surface area contributed by atoms with Crippen molar-refractivity contribution in [1.29, 1.82) is 5.26 Å². The number of benzene rings is 1. The molecule has 0 saturated carbocycles. The van der Waals surface area contributed by atoms with Crippen molar-refractivity contribution in [3.05, 3.63) is 54.1 Å². The van der Waals surface area contributed by atoms with Gasteiger partial charge in [0, 0.05) is 0 Å². The van der Waals surface area contributed by atoms with Crippen LogP contribution in [-0.2, 0) is 6.42 Å². The lowest BCUT2D eigenvalue weighted by atomic mass is 10.3. The van der Waals surface area contributed by atoms with Crippen molar-refractivity contribution in [2.75, 3.05) is 0 Å².